The van der Waals surface area contributed by atoms with Gasteiger partial charge in [0.1, 0.15) is 5.75 Å². The summed E-state index contributed by atoms with van der Waals surface area (Å²) >= 11 is 0. The molecule has 1 heterocycles. The maximum Gasteiger partial charge on any atom is 2.00 e. The SMILES string of the molecule is CC(C)(C)c1ccc(O)c(C(C)(C)C)c1.[Zr+2].c1ccc([Si]2(c3ccccc3)c3ccc[c-]32)cc1.c1ccc2c(c1)[cH-]c1ccccc12. The molecular formula is C44H44OSiZr. The third-order valence-electron chi connectivity index (χ3n) is 9.17. The molecular weight excluding hydrogens is 664 g/mol. The summed E-state index contributed by atoms with van der Waals surface area (Å²) in [4.78, 5) is 0. The van der Waals surface area contributed by atoms with Gasteiger partial charge in [0.05, 0.1) is 8.07 Å². The minimum Gasteiger partial charge on any atom is -0.508 e. The number of benzene rings is 5. The smallest absolute Gasteiger partial charge is 0.508 e. The van der Waals surface area contributed by atoms with E-state index in [0.717, 1.165) is 5.56 Å². The number of hydrogen-bond acceptors (Lipinski definition) is 1. The van der Waals surface area contributed by atoms with Crippen molar-refractivity contribution >= 4 is 50.4 Å². The van der Waals surface area contributed by atoms with E-state index in [2.05, 4.69) is 181 Å². The van der Waals surface area contributed by atoms with Crippen LogP contribution in [0, 0.1) is 0 Å². The van der Waals surface area contributed by atoms with Crippen molar-refractivity contribution in [3.8, 4) is 5.75 Å². The van der Waals surface area contributed by atoms with E-state index in [0.29, 0.717) is 5.75 Å². The number of phenols is 1. The molecule has 1 aliphatic heterocycles. The first-order valence-corrected chi connectivity index (χ1v) is 18.3. The molecule has 0 aromatic heterocycles. The van der Waals surface area contributed by atoms with Crippen molar-refractivity contribution in [2.45, 2.75) is 52.4 Å². The van der Waals surface area contributed by atoms with E-state index >= 15 is 0 Å². The van der Waals surface area contributed by atoms with E-state index in [-0.39, 0.29) is 37.0 Å². The number of fused-ring (bicyclic) bond motifs is 4. The molecule has 0 fully saturated rings. The first-order chi connectivity index (χ1) is 22.0. The van der Waals surface area contributed by atoms with Gasteiger partial charge in [0, 0.05) is 0 Å². The average Bonchev–Trinajstić information content (AvgIpc) is 3.32. The second kappa shape index (κ2) is 13.8. The maximum atomic E-state index is 9.84. The summed E-state index contributed by atoms with van der Waals surface area (Å²) in [6, 6.07) is 54.0. The molecule has 0 aliphatic carbocycles. The summed E-state index contributed by atoms with van der Waals surface area (Å²) < 4.78 is 0. The van der Waals surface area contributed by atoms with Gasteiger partial charge in [-0.15, -0.1) is 44.9 Å². The predicted molar refractivity (Wildman–Crippen MR) is 202 cm³/mol. The fourth-order valence-corrected chi connectivity index (χ4v) is 11.5. The van der Waals surface area contributed by atoms with E-state index < -0.39 is 8.07 Å². The second-order valence-electron chi connectivity index (χ2n) is 14.4. The monoisotopic (exact) mass is 706 g/mol. The minimum atomic E-state index is -1.66. The Bertz CT molecular complexity index is 1960. The minimum absolute atomic E-state index is 0. The van der Waals surface area contributed by atoms with Gasteiger partial charge in [-0.1, -0.05) is 161 Å². The zero-order chi connectivity index (χ0) is 32.5. The normalized spacial score (nSPS) is 13.0. The molecule has 1 nitrogen and oxygen atoms in total. The first kappa shape index (κ1) is 34.6. The van der Waals surface area contributed by atoms with Crippen molar-refractivity contribution in [2.24, 2.45) is 0 Å². The van der Waals surface area contributed by atoms with Crippen LogP contribution in [-0.4, -0.2) is 13.2 Å². The van der Waals surface area contributed by atoms with E-state index in [4.69, 9.17) is 0 Å². The molecule has 1 aliphatic rings. The maximum absolute atomic E-state index is 9.84. The van der Waals surface area contributed by atoms with Crippen LogP contribution in [0.1, 0.15) is 52.7 Å². The molecule has 0 bridgehead atoms. The van der Waals surface area contributed by atoms with Crippen LogP contribution in [0.15, 0.2) is 152 Å². The van der Waals surface area contributed by atoms with Gasteiger partial charge in [-0.05, 0) is 28.0 Å². The quantitative estimate of drug-likeness (QED) is 0.141. The first-order valence-electron chi connectivity index (χ1n) is 16.3. The van der Waals surface area contributed by atoms with Gasteiger partial charge in [0.2, 0.25) is 0 Å². The summed E-state index contributed by atoms with van der Waals surface area (Å²) in [5, 5.41) is 21.5. The Morgan fingerprint density at radius 3 is 1.49 bits per heavy atom. The van der Waals surface area contributed by atoms with Crippen LogP contribution in [0.3, 0.4) is 0 Å². The summed E-state index contributed by atoms with van der Waals surface area (Å²) in [7, 11) is -1.66. The van der Waals surface area contributed by atoms with Crippen LogP contribution < -0.4 is 20.7 Å². The van der Waals surface area contributed by atoms with Crippen molar-refractivity contribution in [1.29, 1.82) is 0 Å². The Labute approximate surface area is 300 Å². The van der Waals surface area contributed by atoms with E-state index in [1.807, 2.05) is 6.07 Å². The molecule has 47 heavy (non-hydrogen) atoms. The summed E-state index contributed by atoms with van der Waals surface area (Å²) in [6.45, 7) is 12.9. The molecule has 1 N–H and O–H groups in total. The molecule has 0 spiro atoms. The topological polar surface area (TPSA) is 20.2 Å². The van der Waals surface area contributed by atoms with E-state index in [9.17, 15) is 5.11 Å². The van der Waals surface area contributed by atoms with Crippen molar-refractivity contribution in [2.75, 3.05) is 0 Å². The van der Waals surface area contributed by atoms with Gasteiger partial charge >= 0.3 is 26.2 Å². The number of hydrogen-bond donors (Lipinski definition) is 1. The summed E-state index contributed by atoms with van der Waals surface area (Å²) in [5.74, 6) is 0.399. The Balaban J connectivity index is 0.000000139. The van der Waals surface area contributed by atoms with Gasteiger partial charge in [-0.25, -0.2) is 12.1 Å². The average molecular weight is 708 g/mol. The van der Waals surface area contributed by atoms with Crippen LogP contribution in [0.5, 0.6) is 5.75 Å². The van der Waals surface area contributed by atoms with Gasteiger partial charge in [-0.2, -0.15) is 11.3 Å². The van der Waals surface area contributed by atoms with Gasteiger partial charge < -0.3 is 5.11 Å². The molecule has 0 saturated heterocycles. The number of rotatable bonds is 2. The van der Waals surface area contributed by atoms with Gasteiger partial charge in [-0.3, -0.25) is 0 Å². The number of aromatic hydroxyl groups is 1. The van der Waals surface area contributed by atoms with Crippen LogP contribution in [0.25, 0.3) is 21.5 Å². The third kappa shape index (κ3) is 6.94. The standard InChI is InChI=1S/C17H13Si.C14H22O.C13H9.Zr/c1-3-8-14(9-4-1)18(15-10-5-2-6-11-15)16-12-7-13-17(16)18;1-13(2,3)10-7-8-12(15)11(9-10)14(4,5)6;1-3-7-12-10(5-1)9-11-6-2-4-8-13(11)12;/h1-13H;7-9,15H,1-6H3;1-9H;/q-1;;-1;+2. The van der Waals surface area contributed by atoms with Crippen molar-refractivity contribution in [3.05, 3.63) is 163 Å². The molecule has 7 aromatic rings. The fourth-order valence-electron chi connectivity index (χ4n) is 6.66. The summed E-state index contributed by atoms with van der Waals surface area (Å²) in [6.07, 6.45) is 0. The molecule has 0 saturated carbocycles. The molecule has 0 unspecified atom stereocenters. The molecule has 8 rings (SSSR count). The zero-order valence-electron chi connectivity index (χ0n) is 28.4. The van der Waals surface area contributed by atoms with E-state index in [1.165, 1.54) is 37.5 Å². The van der Waals surface area contributed by atoms with Gasteiger partial charge in [0.25, 0.3) is 0 Å². The summed E-state index contributed by atoms with van der Waals surface area (Å²) in [5.41, 5.74) is 2.42. The fraction of sp³-hybridized carbons (Fsp3) is 0.182. The van der Waals surface area contributed by atoms with Crippen LogP contribution in [0.2, 0.25) is 0 Å². The van der Waals surface area contributed by atoms with E-state index in [1.54, 1.807) is 16.4 Å². The molecule has 0 atom stereocenters. The second-order valence-corrected chi connectivity index (χ2v) is 18.1. The Hall–Kier alpha value is -3.78. The number of phenolic OH excluding ortho intramolecular Hbond substituents is 1. The van der Waals surface area contributed by atoms with Crippen LogP contribution >= 0.6 is 0 Å². The van der Waals surface area contributed by atoms with Crippen molar-refractivity contribution in [3.63, 3.8) is 0 Å². The molecule has 3 heteroatoms. The Kier molecular flexibility index (Phi) is 10.1. The van der Waals surface area contributed by atoms with Crippen molar-refractivity contribution in [1.82, 2.24) is 0 Å². The Morgan fingerprint density at radius 1 is 0.553 bits per heavy atom. The predicted octanol–water partition coefficient (Wildman–Crippen LogP) is 8.79. The molecule has 0 radical (unpaired) electrons. The van der Waals surface area contributed by atoms with Crippen LogP contribution in [-0.2, 0) is 37.0 Å². The van der Waals surface area contributed by atoms with Crippen LogP contribution in [0.4, 0.5) is 0 Å². The Morgan fingerprint density at radius 2 is 1.04 bits per heavy atom. The van der Waals surface area contributed by atoms with Gasteiger partial charge in [0.15, 0.2) is 0 Å². The third-order valence-corrected chi connectivity index (χ3v) is 13.8. The molecule has 0 amide bonds. The van der Waals surface area contributed by atoms with Crippen molar-refractivity contribution < 1.29 is 31.3 Å². The molecule has 7 aromatic carbocycles. The largest absolute Gasteiger partial charge is 2.00 e. The zero-order valence-corrected chi connectivity index (χ0v) is 31.8. The molecule has 234 valence electrons.